The number of carbonyl (C=O) groups is 1. The molecule has 2 rings (SSSR count). The number of hydrogen-bond donors (Lipinski definition) is 2. The fourth-order valence-corrected chi connectivity index (χ4v) is 2.25. The van der Waals surface area contributed by atoms with Crippen LogP contribution in [0.25, 0.3) is 0 Å². The zero-order valence-corrected chi connectivity index (χ0v) is 14.5. The average molecular weight is 385 g/mol. The Morgan fingerprint density at radius 2 is 2.00 bits per heavy atom. The SMILES string of the molecule is Cc1cc(OCNC(=O)Nc2cc(Br)ccn2)cc(C)c1Cl. The first-order valence-electron chi connectivity index (χ1n) is 6.51. The molecule has 0 saturated heterocycles. The van der Waals surface area contributed by atoms with Crippen molar-refractivity contribution >= 4 is 39.4 Å². The highest BCUT2D eigenvalue weighted by molar-refractivity contribution is 9.10. The smallest absolute Gasteiger partial charge is 0.323 e. The number of ether oxygens (including phenoxy) is 1. The lowest BCUT2D eigenvalue weighted by molar-refractivity contribution is 0.234. The Hall–Kier alpha value is -1.79. The fraction of sp³-hybridized carbons (Fsp3) is 0.200. The van der Waals surface area contributed by atoms with Crippen LogP contribution in [-0.4, -0.2) is 17.7 Å². The highest BCUT2D eigenvalue weighted by atomic mass is 79.9. The topological polar surface area (TPSA) is 63.2 Å². The van der Waals surface area contributed by atoms with Crippen LogP contribution in [0.2, 0.25) is 5.02 Å². The number of anilines is 1. The third-order valence-electron chi connectivity index (χ3n) is 2.85. The predicted octanol–water partition coefficient (Wildman–Crippen LogP) is 4.27. The second-order valence-electron chi connectivity index (χ2n) is 4.65. The standard InChI is InChI=1S/C15H15BrClN3O2/c1-9-5-12(6-10(2)14(9)17)22-8-19-15(21)20-13-7-11(16)3-4-18-13/h3-7H,8H2,1-2H3,(H2,18,19,20,21). The molecule has 0 unspecified atom stereocenters. The van der Waals surface area contributed by atoms with Crippen LogP contribution < -0.4 is 15.4 Å². The largest absolute Gasteiger partial charge is 0.473 e. The van der Waals surface area contributed by atoms with Gasteiger partial charge in [0.15, 0.2) is 6.73 Å². The maximum atomic E-state index is 11.7. The lowest BCUT2D eigenvalue weighted by atomic mass is 10.1. The van der Waals surface area contributed by atoms with Crippen molar-refractivity contribution in [3.63, 3.8) is 0 Å². The Kier molecular flexibility index (Phi) is 5.63. The van der Waals surface area contributed by atoms with Crippen LogP contribution in [0.5, 0.6) is 5.75 Å². The summed E-state index contributed by atoms with van der Waals surface area (Å²) in [5.74, 6) is 1.10. The van der Waals surface area contributed by atoms with E-state index < -0.39 is 6.03 Å². The van der Waals surface area contributed by atoms with E-state index in [-0.39, 0.29) is 6.73 Å². The number of amides is 2. The number of urea groups is 1. The van der Waals surface area contributed by atoms with Gasteiger partial charge in [0.05, 0.1) is 0 Å². The molecule has 0 aliphatic carbocycles. The first kappa shape index (κ1) is 16.6. The third-order valence-corrected chi connectivity index (χ3v) is 3.93. The van der Waals surface area contributed by atoms with Crippen LogP contribution >= 0.6 is 27.5 Å². The van der Waals surface area contributed by atoms with Crippen molar-refractivity contribution in [2.75, 3.05) is 12.0 Å². The predicted molar refractivity (Wildman–Crippen MR) is 90.5 cm³/mol. The molecule has 0 radical (unpaired) electrons. The Morgan fingerprint density at radius 1 is 1.32 bits per heavy atom. The monoisotopic (exact) mass is 383 g/mol. The van der Waals surface area contributed by atoms with Gasteiger partial charge in [-0.1, -0.05) is 27.5 Å². The van der Waals surface area contributed by atoms with Crippen LogP contribution in [0.15, 0.2) is 34.9 Å². The third kappa shape index (κ3) is 4.61. The number of nitrogens with one attached hydrogen (secondary N) is 2. The Balaban J connectivity index is 1.84. The van der Waals surface area contributed by atoms with E-state index in [9.17, 15) is 4.79 Å². The van der Waals surface area contributed by atoms with Crippen LogP contribution in [0.1, 0.15) is 11.1 Å². The molecular weight excluding hydrogens is 370 g/mol. The van der Waals surface area contributed by atoms with Gasteiger partial charge in [-0.2, -0.15) is 0 Å². The van der Waals surface area contributed by atoms with E-state index in [0.717, 1.165) is 20.6 Å². The number of pyridine rings is 1. The fourth-order valence-electron chi connectivity index (χ4n) is 1.81. The molecule has 1 aromatic carbocycles. The summed E-state index contributed by atoms with van der Waals surface area (Å²) < 4.78 is 6.33. The van der Waals surface area contributed by atoms with Crippen molar-refractivity contribution in [3.8, 4) is 5.75 Å². The van der Waals surface area contributed by atoms with E-state index in [2.05, 4.69) is 31.5 Å². The van der Waals surface area contributed by atoms with Gasteiger partial charge in [0.2, 0.25) is 0 Å². The van der Waals surface area contributed by atoms with Gasteiger partial charge in [-0.15, -0.1) is 0 Å². The zero-order valence-electron chi connectivity index (χ0n) is 12.1. The number of halogens is 2. The van der Waals surface area contributed by atoms with Gasteiger partial charge in [0.25, 0.3) is 0 Å². The number of rotatable bonds is 4. The van der Waals surface area contributed by atoms with Crippen molar-refractivity contribution in [1.82, 2.24) is 10.3 Å². The van der Waals surface area contributed by atoms with Crippen molar-refractivity contribution in [1.29, 1.82) is 0 Å². The average Bonchev–Trinajstić information content (AvgIpc) is 2.44. The van der Waals surface area contributed by atoms with Crippen molar-refractivity contribution in [2.45, 2.75) is 13.8 Å². The van der Waals surface area contributed by atoms with E-state index in [0.29, 0.717) is 11.6 Å². The summed E-state index contributed by atoms with van der Waals surface area (Å²) in [5, 5.41) is 5.92. The first-order chi connectivity index (χ1) is 10.5. The molecule has 1 aromatic heterocycles. The lowest BCUT2D eigenvalue weighted by Gasteiger charge is -2.11. The van der Waals surface area contributed by atoms with Crippen LogP contribution in [-0.2, 0) is 0 Å². The summed E-state index contributed by atoms with van der Waals surface area (Å²) in [6.07, 6.45) is 1.59. The number of nitrogens with zero attached hydrogens (tertiary/aromatic N) is 1. The molecule has 0 bridgehead atoms. The number of aromatic nitrogens is 1. The molecule has 5 nitrogen and oxygen atoms in total. The summed E-state index contributed by atoms with van der Waals surface area (Å²) in [7, 11) is 0. The number of hydrogen-bond acceptors (Lipinski definition) is 3. The van der Waals surface area contributed by atoms with Crippen LogP contribution in [0.3, 0.4) is 0 Å². The van der Waals surface area contributed by atoms with E-state index in [1.807, 2.05) is 26.0 Å². The van der Waals surface area contributed by atoms with Gasteiger partial charge in [0, 0.05) is 15.7 Å². The summed E-state index contributed by atoms with van der Waals surface area (Å²) in [4.78, 5) is 15.7. The van der Waals surface area contributed by atoms with Gasteiger partial charge in [-0.25, -0.2) is 9.78 Å². The van der Waals surface area contributed by atoms with Gasteiger partial charge in [-0.05, 0) is 49.2 Å². The second-order valence-corrected chi connectivity index (χ2v) is 5.94. The van der Waals surface area contributed by atoms with Crippen molar-refractivity contribution < 1.29 is 9.53 Å². The van der Waals surface area contributed by atoms with Gasteiger partial charge in [0.1, 0.15) is 11.6 Å². The summed E-state index contributed by atoms with van der Waals surface area (Å²) in [6.45, 7) is 3.85. The second kappa shape index (κ2) is 7.47. The summed E-state index contributed by atoms with van der Waals surface area (Å²) in [6, 6.07) is 6.73. The molecule has 2 aromatic rings. The van der Waals surface area contributed by atoms with Crippen molar-refractivity contribution in [2.24, 2.45) is 0 Å². The van der Waals surface area contributed by atoms with Gasteiger partial charge < -0.3 is 10.1 Å². The van der Waals surface area contributed by atoms with E-state index in [1.165, 1.54) is 0 Å². The normalized spacial score (nSPS) is 10.2. The molecule has 0 atom stereocenters. The number of carbonyl (C=O) groups excluding carboxylic acids is 1. The zero-order chi connectivity index (χ0) is 16.1. The maximum absolute atomic E-state index is 11.7. The van der Waals surface area contributed by atoms with E-state index in [4.69, 9.17) is 16.3 Å². The molecule has 116 valence electrons. The minimum atomic E-state index is -0.395. The number of benzene rings is 1. The molecular formula is C15H15BrClN3O2. The minimum Gasteiger partial charge on any atom is -0.473 e. The molecule has 0 saturated carbocycles. The summed E-state index contributed by atoms with van der Waals surface area (Å²) >= 11 is 9.40. The van der Waals surface area contributed by atoms with Crippen molar-refractivity contribution in [3.05, 3.63) is 51.1 Å². The van der Waals surface area contributed by atoms with Gasteiger partial charge >= 0.3 is 6.03 Å². The molecule has 2 amide bonds. The Labute approximate surface area is 142 Å². The number of aryl methyl sites for hydroxylation is 2. The Morgan fingerprint density at radius 3 is 2.64 bits per heavy atom. The first-order valence-corrected chi connectivity index (χ1v) is 7.69. The van der Waals surface area contributed by atoms with Crippen LogP contribution in [0, 0.1) is 13.8 Å². The van der Waals surface area contributed by atoms with Crippen LogP contribution in [0.4, 0.5) is 10.6 Å². The summed E-state index contributed by atoms with van der Waals surface area (Å²) in [5.41, 5.74) is 1.86. The molecule has 0 fully saturated rings. The molecule has 0 aliphatic heterocycles. The molecule has 22 heavy (non-hydrogen) atoms. The van der Waals surface area contributed by atoms with E-state index in [1.54, 1.807) is 18.3 Å². The molecule has 2 N–H and O–H groups in total. The lowest BCUT2D eigenvalue weighted by Crippen LogP contribution is -2.32. The highest BCUT2D eigenvalue weighted by Gasteiger charge is 2.05. The Bertz CT molecular complexity index is 671. The van der Waals surface area contributed by atoms with Gasteiger partial charge in [-0.3, -0.25) is 5.32 Å². The molecule has 7 heteroatoms. The molecule has 0 spiro atoms. The van der Waals surface area contributed by atoms with E-state index >= 15 is 0 Å². The highest BCUT2D eigenvalue weighted by Crippen LogP contribution is 2.25. The quantitative estimate of drug-likeness (QED) is 0.774. The molecule has 1 heterocycles. The minimum absolute atomic E-state index is 0.0420. The maximum Gasteiger partial charge on any atom is 0.323 e. The molecule has 0 aliphatic rings.